The summed E-state index contributed by atoms with van der Waals surface area (Å²) in [6.07, 6.45) is 3.66. The van der Waals surface area contributed by atoms with Crippen LogP contribution in [0.5, 0.6) is 0 Å². The van der Waals surface area contributed by atoms with Crippen LogP contribution in [0.3, 0.4) is 0 Å². The Kier molecular flexibility index (Phi) is 5.44. The van der Waals surface area contributed by atoms with Crippen molar-refractivity contribution in [1.82, 2.24) is 0 Å². The molecule has 1 unspecified atom stereocenters. The van der Waals surface area contributed by atoms with Crippen molar-refractivity contribution >= 4 is 24.4 Å². The van der Waals surface area contributed by atoms with Crippen molar-refractivity contribution in [3.8, 4) is 0 Å². The molecule has 0 N–H and O–H groups in total. The molecule has 0 saturated carbocycles. The molecular formula is C6H10S2. The summed E-state index contributed by atoms with van der Waals surface area (Å²) < 4.78 is 0.257. The Morgan fingerprint density at radius 1 is 1.62 bits per heavy atom. The van der Waals surface area contributed by atoms with Gasteiger partial charge in [-0.1, -0.05) is 12.2 Å². The molecule has 0 spiro atoms. The van der Waals surface area contributed by atoms with Gasteiger partial charge in [0.05, 0.1) is 4.58 Å². The summed E-state index contributed by atoms with van der Waals surface area (Å²) >= 11 is 5.87. The number of thioether (sulfide) groups is 1. The first kappa shape index (κ1) is 8.18. The lowest BCUT2D eigenvalue weighted by molar-refractivity contribution is 1.66. The maximum absolute atomic E-state index is 4.16. The zero-order valence-electron chi connectivity index (χ0n) is 4.71. The Morgan fingerprint density at radius 3 is 2.62 bits per heavy atom. The number of rotatable bonds is 4. The van der Waals surface area contributed by atoms with Gasteiger partial charge in [-0.05, 0) is 0 Å². The fourth-order valence-corrected chi connectivity index (χ4v) is 0.962. The molecule has 0 aliphatic heterocycles. The fraction of sp³-hybridized carbons (Fsp3) is 0.333. The molecule has 0 aliphatic carbocycles. The van der Waals surface area contributed by atoms with Crippen molar-refractivity contribution in [3.05, 3.63) is 25.3 Å². The van der Waals surface area contributed by atoms with E-state index in [1.165, 1.54) is 0 Å². The van der Waals surface area contributed by atoms with Gasteiger partial charge in [-0.15, -0.1) is 24.9 Å². The van der Waals surface area contributed by atoms with E-state index in [0.717, 1.165) is 5.75 Å². The van der Waals surface area contributed by atoms with Crippen LogP contribution in [0.25, 0.3) is 0 Å². The van der Waals surface area contributed by atoms with E-state index in [1.54, 1.807) is 17.8 Å². The lowest BCUT2D eigenvalue weighted by atomic mass is 10.7. The first-order valence-electron chi connectivity index (χ1n) is 2.34. The predicted molar refractivity (Wildman–Crippen MR) is 45.6 cm³/mol. The summed E-state index contributed by atoms with van der Waals surface area (Å²) in [7, 11) is 0. The number of thiol groups is 1. The van der Waals surface area contributed by atoms with Gasteiger partial charge >= 0.3 is 0 Å². The highest BCUT2D eigenvalue weighted by molar-refractivity contribution is 8.10. The van der Waals surface area contributed by atoms with E-state index < -0.39 is 0 Å². The number of hydrogen-bond donors (Lipinski definition) is 1. The third-order valence-electron chi connectivity index (χ3n) is 0.586. The van der Waals surface area contributed by atoms with Gasteiger partial charge in [0, 0.05) is 5.75 Å². The average molecular weight is 146 g/mol. The van der Waals surface area contributed by atoms with Crippen molar-refractivity contribution in [2.24, 2.45) is 0 Å². The van der Waals surface area contributed by atoms with Gasteiger partial charge in [-0.25, -0.2) is 0 Å². The molecule has 2 heteroatoms. The van der Waals surface area contributed by atoms with Crippen LogP contribution in [-0.4, -0.2) is 10.3 Å². The average Bonchev–Trinajstić information content (AvgIpc) is 1.83. The summed E-state index contributed by atoms with van der Waals surface area (Å²) in [5.74, 6) is 0.945. The van der Waals surface area contributed by atoms with Gasteiger partial charge in [0.2, 0.25) is 0 Å². The van der Waals surface area contributed by atoms with Crippen molar-refractivity contribution in [3.63, 3.8) is 0 Å². The lowest BCUT2D eigenvalue weighted by Gasteiger charge is -1.98. The van der Waals surface area contributed by atoms with Gasteiger partial charge < -0.3 is 0 Å². The highest BCUT2D eigenvalue weighted by atomic mass is 32.2. The second-order valence-electron chi connectivity index (χ2n) is 1.25. The molecule has 0 aliphatic rings. The lowest BCUT2D eigenvalue weighted by Crippen LogP contribution is -1.83. The largest absolute Gasteiger partial charge is 0.161 e. The van der Waals surface area contributed by atoms with Crippen molar-refractivity contribution in [2.45, 2.75) is 4.58 Å². The highest BCUT2D eigenvalue weighted by Gasteiger charge is 1.91. The second kappa shape index (κ2) is 5.32. The molecule has 0 saturated heterocycles. The molecule has 0 aromatic heterocycles. The van der Waals surface area contributed by atoms with Crippen molar-refractivity contribution in [2.75, 3.05) is 5.75 Å². The standard InChI is InChI=1S/C6H10S2/c1-3-5-8-6(7)4-2/h3-4,6-7H,1-2,5H2. The van der Waals surface area contributed by atoms with Gasteiger partial charge in [0.25, 0.3) is 0 Å². The molecule has 0 aromatic carbocycles. The van der Waals surface area contributed by atoms with Crippen LogP contribution in [0.4, 0.5) is 0 Å². The Morgan fingerprint density at radius 2 is 2.25 bits per heavy atom. The Labute approximate surface area is 60.5 Å². The molecule has 0 rings (SSSR count). The summed E-state index contributed by atoms with van der Waals surface area (Å²) in [6.45, 7) is 7.16. The van der Waals surface area contributed by atoms with E-state index in [9.17, 15) is 0 Å². The Balaban J connectivity index is 3.09. The van der Waals surface area contributed by atoms with Gasteiger partial charge in [0.1, 0.15) is 0 Å². The van der Waals surface area contributed by atoms with E-state index in [0.29, 0.717) is 0 Å². The van der Waals surface area contributed by atoms with Crippen LogP contribution >= 0.6 is 24.4 Å². The van der Waals surface area contributed by atoms with E-state index in [-0.39, 0.29) is 4.58 Å². The van der Waals surface area contributed by atoms with E-state index in [4.69, 9.17) is 0 Å². The van der Waals surface area contributed by atoms with Crippen molar-refractivity contribution in [1.29, 1.82) is 0 Å². The first-order chi connectivity index (χ1) is 3.81. The van der Waals surface area contributed by atoms with Crippen LogP contribution < -0.4 is 0 Å². The molecule has 0 fully saturated rings. The zero-order valence-corrected chi connectivity index (χ0v) is 6.42. The van der Waals surface area contributed by atoms with Crippen LogP contribution in [0.2, 0.25) is 0 Å². The third-order valence-corrected chi connectivity index (χ3v) is 2.21. The van der Waals surface area contributed by atoms with Crippen LogP contribution in [-0.2, 0) is 0 Å². The van der Waals surface area contributed by atoms with Gasteiger partial charge in [0.15, 0.2) is 0 Å². The first-order valence-corrected chi connectivity index (χ1v) is 3.91. The Hall–Kier alpha value is 0.180. The van der Waals surface area contributed by atoms with Gasteiger partial charge in [-0.2, -0.15) is 12.6 Å². The minimum Gasteiger partial charge on any atom is -0.161 e. The quantitative estimate of drug-likeness (QED) is 0.361. The van der Waals surface area contributed by atoms with Crippen LogP contribution in [0.15, 0.2) is 25.3 Å². The molecule has 1 atom stereocenters. The molecule has 0 nitrogen and oxygen atoms in total. The van der Waals surface area contributed by atoms with E-state index >= 15 is 0 Å². The molecule has 8 heavy (non-hydrogen) atoms. The maximum atomic E-state index is 4.16. The van der Waals surface area contributed by atoms with Crippen molar-refractivity contribution < 1.29 is 0 Å². The topological polar surface area (TPSA) is 0 Å². The smallest absolute Gasteiger partial charge is 0.0653 e. The zero-order chi connectivity index (χ0) is 6.41. The summed E-state index contributed by atoms with van der Waals surface area (Å²) in [5.41, 5.74) is 0. The van der Waals surface area contributed by atoms with E-state index in [2.05, 4.69) is 25.8 Å². The monoisotopic (exact) mass is 146 g/mol. The minimum absolute atomic E-state index is 0.257. The third kappa shape index (κ3) is 4.34. The molecule has 0 heterocycles. The maximum Gasteiger partial charge on any atom is 0.0653 e. The highest BCUT2D eigenvalue weighted by Crippen LogP contribution is 2.14. The molecule has 0 aromatic rings. The van der Waals surface area contributed by atoms with Crippen LogP contribution in [0, 0.1) is 0 Å². The predicted octanol–water partition coefficient (Wildman–Crippen LogP) is 2.35. The molecule has 0 radical (unpaired) electrons. The SMILES string of the molecule is C=CCSC(S)C=C. The molecule has 46 valence electrons. The molecular weight excluding hydrogens is 136 g/mol. The van der Waals surface area contributed by atoms with E-state index in [1.807, 2.05) is 6.08 Å². The van der Waals surface area contributed by atoms with Crippen LogP contribution in [0.1, 0.15) is 0 Å². The fourth-order valence-electron chi connectivity index (χ4n) is 0.235. The Bertz CT molecular complexity index is 78.6. The minimum atomic E-state index is 0.257. The summed E-state index contributed by atoms with van der Waals surface area (Å²) in [5, 5.41) is 0. The molecule has 0 amide bonds. The second-order valence-corrected chi connectivity index (χ2v) is 3.33. The number of hydrogen-bond acceptors (Lipinski definition) is 2. The molecule has 0 bridgehead atoms. The summed E-state index contributed by atoms with van der Waals surface area (Å²) in [4.78, 5) is 0. The van der Waals surface area contributed by atoms with Gasteiger partial charge in [-0.3, -0.25) is 0 Å². The summed E-state index contributed by atoms with van der Waals surface area (Å²) in [6, 6.07) is 0. The normalized spacial score (nSPS) is 12.6.